The topological polar surface area (TPSA) is 93.7 Å². The van der Waals surface area contributed by atoms with Crippen molar-refractivity contribution in [2.45, 2.75) is 52.2 Å². The summed E-state index contributed by atoms with van der Waals surface area (Å²) in [6.45, 7) is 18.0. The molecule has 0 aromatic heterocycles. The third-order valence-electron chi connectivity index (χ3n) is 6.37. The minimum atomic E-state index is -2.53. The second kappa shape index (κ2) is 19.9. The van der Waals surface area contributed by atoms with E-state index in [4.69, 9.17) is 32.8 Å². The molecule has 10 heteroatoms. The van der Waals surface area contributed by atoms with Crippen LogP contribution in [0.25, 0.3) is 0 Å². The van der Waals surface area contributed by atoms with Crippen LogP contribution in [-0.4, -0.2) is 99.2 Å². The highest BCUT2D eigenvalue weighted by atomic mass is 28.4. The average molecular weight is 620 g/mol. The zero-order chi connectivity index (χ0) is 31.4. The highest BCUT2D eigenvalue weighted by Crippen LogP contribution is 2.36. The van der Waals surface area contributed by atoms with Crippen molar-refractivity contribution in [2.24, 2.45) is 0 Å². The number of rotatable bonds is 21. The number of hydrogen-bond acceptors (Lipinski definition) is 8. The Balaban J connectivity index is 1.49. The number of amides is 1. The molecule has 0 fully saturated rings. The lowest BCUT2D eigenvalue weighted by Gasteiger charge is -2.43. The number of ether oxygens (including phenoxy) is 6. The van der Waals surface area contributed by atoms with Gasteiger partial charge in [-0.15, -0.1) is 0 Å². The van der Waals surface area contributed by atoms with Gasteiger partial charge in [0.05, 0.1) is 72.7 Å². The van der Waals surface area contributed by atoms with E-state index in [1.807, 2.05) is 32.9 Å². The summed E-state index contributed by atoms with van der Waals surface area (Å²) in [4.78, 5) is 11.5. The van der Waals surface area contributed by atoms with Crippen LogP contribution in [0.15, 0.2) is 60.7 Å². The Kier molecular flexibility index (Phi) is 17.0. The first-order chi connectivity index (χ1) is 20.6. The standard InChI is InChI=1S/C33H53NO8Si/c1-32(2,3)42-31(35)34-17-18-36-19-20-37-21-22-38-23-24-39-25-26-40-27-28-41-43(33(4,5)6,29-13-9-7-10-14-29)30-15-11-8-12-16-30/h7-16H,17-28H2,1-6H3,(H,34,35). The molecule has 0 atom stereocenters. The number of carbonyl (C=O) groups is 1. The summed E-state index contributed by atoms with van der Waals surface area (Å²) in [5.74, 6) is 0. The van der Waals surface area contributed by atoms with Gasteiger partial charge in [0.25, 0.3) is 8.32 Å². The van der Waals surface area contributed by atoms with E-state index >= 15 is 0 Å². The van der Waals surface area contributed by atoms with E-state index in [0.717, 1.165) is 0 Å². The molecule has 1 N–H and O–H groups in total. The van der Waals surface area contributed by atoms with Crippen molar-refractivity contribution in [2.75, 3.05) is 79.2 Å². The lowest BCUT2D eigenvalue weighted by molar-refractivity contribution is -0.0128. The summed E-state index contributed by atoms with van der Waals surface area (Å²) in [7, 11) is -2.53. The van der Waals surface area contributed by atoms with E-state index < -0.39 is 20.0 Å². The molecule has 0 aliphatic heterocycles. The number of alkyl carbamates (subject to hydrolysis) is 1. The maximum atomic E-state index is 11.5. The van der Waals surface area contributed by atoms with Crippen molar-refractivity contribution in [3.63, 3.8) is 0 Å². The molecule has 0 unspecified atom stereocenters. The Hall–Kier alpha value is -2.31. The molecular weight excluding hydrogens is 566 g/mol. The van der Waals surface area contributed by atoms with Gasteiger partial charge in [-0.05, 0) is 36.2 Å². The van der Waals surface area contributed by atoms with Crippen molar-refractivity contribution in [1.82, 2.24) is 5.32 Å². The van der Waals surface area contributed by atoms with Gasteiger partial charge in [-0.1, -0.05) is 81.4 Å². The van der Waals surface area contributed by atoms with Crippen LogP contribution in [0, 0.1) is 0 Å². The lowest BCUT2D eigenvalue weighted by atomic mass is 10.2. The Labute approximate surface area is 259 Å². The van der Waals surface area contributed by atoms with Crippen LogP contribution in [0.5, 0.6) is 0 Å². The summed E-state index contributed by atoms with van der Waals surface area (Å²) >= 11 is 0. The Morgan fingerprint density at radius 1 is 0.581 bits per heavy atom. The number of carbonyl (C=O) groups excluding carboxylic acids is 1. The van der Waals surface area contributed by atoms with E-state index in [2.05, 4.69) is 74.6 Å². The minimum Gasteiger partial charge on any atom is -0.444 e. The minimum absolute atomic E-state index is 0.0557. The number of hydrogen-bond donors (Lipinski definition) is 1. The highest BCUT2D eigenvalue weighted by Gasteiger charge is 2.50. The molecule has 0 radical (unpaired) electrons. The fourth-order valence-corrected chi connectivity index (χ4v) is 9.08. The molecule has 2 aromatic carbocycles. The van der Waals surface area contributed by atoms with Gasteiger partial charge in [-0.2, -0.15) is 0 Å². The van der Waals surface area contributed by atoms with Crippen molar-refractivity contribution in [3.05, 3.63) is 60.7 Å². The third kappa shape index (κ3) is 14.3. The first kappa shape index (κ1) is 36.9. The van der Waals surface area contributed by atoms with Crippen molar-refractivity contribution < 1.29 is 37.6 Å². The fraction of sp³-hybridized carbons (Fsp3) is 0.606. The summed E-state index contributed by atoms with van der Waals surface area (Å²) in [6, 6.07) is 21.2. The van der Waals surface area contributed by atoms with Crippen LogP contribution in [-0.2, 0) is 32.8 Å². The summed E-state index contributed by atoms with van der Waals surface area (Å²) < 4.78 is 39.9. The molecule has 0 aliphatic carbocycles. The molecule has 2 aromatic rings. The first-order valence-electron chi connectivity index (χ1n) is 15.2. The molecule has 0 heterocycles. The fourth-order valence-electron chi connectivity index (χ4n) is 4.54. The number of nitrogens with one attached hydrogen (secondary N) is 1. The van der Waals surface area contributed by atoms with Gasteiger partial charge >= 0.3 is 6.09 Å². The largest absolute Gasteiger partial charge is 0.444 e. The highest BCUT2D eigenvalue weighted by molar-refractivity contribution is 6.99. The van der Waals surface area contributed by atoms with Gasteiger partial charge in [0, 0.05) is 6.54 Å². The maximum Gasteiger partial charge on any atom is 0.407 e. The predicted octanol–water partition coefficient (Wildman–Crippen LogP) is 4.17. The molecule has 0 bridgehead atoms. The first-order valence-corrected chi connectivity index (χ1v) is 17.1. The second-order valence-corrected chi connectivity index (χ2v) is 16.3. The molecule has 0 aliphatic rings. The summed E-state index contributed by atoms with van der Waals surface area (Å²) in [6.07, 6.45) is -0.446. The second-order valence-electron chi connectivity index (χ2n) is 12.0. The molecule has 9 nitrogen and oxygen atoms in total. The van der Waals surface area contributed by atoms with Crippen molar-refractivity contribution in [3.8, 4) is 0 Å². The zero-order valence-corrected chi connectivity index (χ0v) is 28.0. The van der Waals surface area contributed by atoms with Crippen LogP contribution in [0.1, 0.15) is 41.5 Å². The normalized spacial score (nSPS) is 12.3. The summed E-state index contributed by atoms with van der Waals surface area (Å²) in [5, 5.41) is 5.11. The van der Waals surface area contributed by atoms with E-state index in [-0.39, 0.29) is 5.04 Å². The zero-order valence-electron chi connectivity index (χ0n) is 27.0. The molecular formula is C33H53NO8Si. The van der Waals surface area contributed by atoms with E-state index in [1.165, 1.54) is 10.4 Å². The van der Waals surface area contributed by atoms with Crippen molar-refractivity contribution in [1.29, 1.82) is 0 Å². The molecule has 0 spiro atoms. The predicted molar refractivity (Wildman–Crippen MR) is 172 cm³/mol. The quantitative estimate of drug-likeness (QED) is 0.164. The van der Waals surface area contributed by atoms with E-state index in [0.29, 0.717) is 79.2 Å². The van der Waals surface area contributed by atoms with Gasteiger partial charge < -0.3 is 38.2 Å². The van der Waals surface area contributed by atoms with Crippen LogP contribution >= 0.6 is 0 Å². The van der Waals surface area contributed by atoms with Gasteiger partial charge in [-0.25, -0.2) is 4.79 Å². The van der Waals surface area contributed by atoms with E-state index in [1.54, 1.807) is 0 Å². The van der Waals surface area contributed by atoms with Crippen LogP contribution in [0.4, 0.5) is 4.79 Å². The Bertz CT molecular complexity index is 956. The lowest BCUT2D eigenvalue weighted by Crippen LogP contribution is -2.66. The molecule has 0 saturated heterocycles. The van der Waals surface area contributed by atoms with Gasteiger partial charge in [-0.3, -0.25) is 0 Å². The maximum absolute atomic E-state index is 11.5. The SMILES string of the molecule is CC(C)(C)OC(=O)NCCOCCOCCOCCOCCOCCO[Si](c1ccccc1)(c1ccccc1)C(C)(C)C. The van der Waals surface area contributed by atoms with Gasteiger partial charge in [0.1, 0.15) is 5.60 Å². The average Bonchev–Trinajstić information content (AvgIpc) is 2.95. The smallest absolute Gasteiger partial charge is 0.407 e. The van der Waals surface area contributed by atoms with Gasteiger partial charge in [0.2, 0.25) is 0 Å². The van der Waals surface area contributed by atoms with Crippen LogP contribution < -0.4 is 15.7 Å². The monoisotopic (exact) mass is 619 g/mol. The van der Waals surface area contributed by atoms with Crippen LogP contribution in [0.2, 0.25) is 5.04 Å². The number of benzene rings is 2. The van der Waals surface area contributed by atoms with Crippen LogP contribution in [0.3, 0.4) is 0 Å². The molecule has 242 valence electrons. The summed E-state index contributed by atoms with van der Waals surface area (Å²) in [5.41, 5.74) is -0.508. The Morgan fingerprint density at radius 2 is 0.953 bits per heavy atom. The molecule has 1 amide bonds. The van der Waals surface area contributed by atoms with E-state index in [9.17, 15) is 4.79 Å². The molecule has 0 saturated carbocycles. The van der Waals surface area contributed by atoms with Crippen molar-refractivity contribution >= 4 is 24.8 Å². The molecule has 2 rings (SSSR count). The Morgan fingerprint density at radius 3 is 1.33 bits per heavy atom. The third-order valence-corrected chi connectivity index (χ3v) is 11.4. The van der Waals surface area contributed by atoms with Gasteiger partial charge in [0.15, 0.2) is 0 Å². The molecule has 43 heavy (non-hydrogen) atoms.